The van der Waals surface area contributed by atoms with Gasteiger partial charge in [-0.25, -0.2) is 0 Å². The van der Waals surface area contributed by atoms with Crippen LogP contribution in [0.25, 0.3) is 0 Å². The Bertz CT molecular complexity index is 337. The van der Waals surface area contributed by atoms with Crippen molar-refractivity contribution in [3.8, 4) is 0 Å². The summed E-state index contributed by atoms with van der Waals surface area (Å²) in [6.07, 6.45) is 4.00. The molecule has 1 fully saturated rings. The fourth-order valence-corrected chi connectivity index (χ4v) is 2.79. The second kappa shape index (κ2) is 6.41. The van der Waals surface area contributed by atoms with E-state index >= 15 is 0 Å². The maximum atomic E-state index is 3.48. The van der Waals surface area contributed by atoms with E-state index in [1.54, 1.807) is 0 Å². The SMILES string of the molecule is CNCCCC1CCN(c2ccc(Br)cc2)C1. The molecular formula is C14H21BrN2. The van der Waals surface area contributed by atoms with E-state index < -0.39 is 0 Å². The van der Waals surface area contributed by atoms with Gasteiger partial charge in [0.2, 0.25) is 0 Å². The van der Waals surface area contributed by atoms with Gasteiger partial charge in [0.15, 0.2) is 0 Å². The minimum Gasteiger partial charge on any atom is -0.371 e. The Morgan fingerprint density at radius 2 is 2.12 bits per heavy atom. The quantitative estimate of drug-likeness (QED) is 0.839. The van der Waals surface area contributed by atoms with Crippen molar-refractivity contribution in [2.75, 3.05) is 31.6 Å². The molecule has 2 nitrogen and oxygen atoms in total. The predicted octanol–water partition coefficient (Wildman–Crippen LogP) is 3.28. The molecule has 1 atom stereocenters. The van der Waals surface area contributed by atoms with Crippen molar-refractivity contribution in [1.29, 1.82) is 0 Å². The highest BCUT2D eigenvalue weighted by molar-refractivity contribution is 9.10. The van der Waals surface area contributed by atoms with Crippen LogP contribution in [0.2, 0.25) is 0 Å². The Morgan fingerprint density at radius 1 is 1.35 bits per heavy atom. The summed E-state index contributed by atoms with van der Waals surface area (Å²) in [5.74, 6) is 0.881. The van der Waals surface area contributed by atoms with E-state index in [9.17, 15) is 0 Å². The van der Waals surface area contributed by atoms with Crippen LogP contribution in [0.5, 0.6) is 0 Å². The highest BCUT2D eigenvalue weighted by Crippen LogP contribution is 2.27. The zero-order valence-corrected chi connectivity index (χ0v) is 12.0. The van der Waals surface area contributed by atoms with Crippen LogP contribution in [0.15, 0.2) is 28.7 Å². The Hall–Kier alpha value is -0.540. The van der Waals surface area contributed by atoms with Gasteiger partial charge in [0, 0.05) is 23.2 Å². The zero-order valence-electron chi connectivity index (χ0n) is 10.5. The number of rotatable bonds is 5. The second-order valence-electron chi connectivity index (χ2n) is 4.82. The van der Waals surface area contributed by atoms with Crippen molar-refractivity contribution in [3.05, 3.63) is 28.7 Å². The van der Waals surface area contributed by atoms with Crippen molar-refractivity contribution in [2.24, 2.45) is 5.92 Å². The van der Waals surface area contributed by atoms with Gasteiger partial charge in [0.1, 0.15) is 0 Å². The van der Waals surface area contributed by atoms with Gasteiger partial charge in [-0.05, 0) is 63.0 Å². The van der Waals surface area contributed by atoms with Crippen LogP contribution in [0, 0.1) is 5.92 Å². The number of hydrogen-bond acceptors (Lipinski definition) is 2. The van der Waals surface area contributed by atoms with E-state index in [0.29, 0.717) is 0 Å². The maximum Gasteiger partial charge on any atom is 0.0367 e. The topological polar surface area (TPSA) is 15.3 Å². The smallest absolute Gasteiger partial charge is 0.0367 e. The van der Waals surface area contributed by atoms with E-state index in [-0.39, 0.29) is 0 Å². The van der Waals surface area contributed by atoms with Gasteiger partial charge < -0.3 is 10.2 Å². The lowest BCUT2D eigenvalue weighted by Gasteiger charge is -2.18. The van der Waals surface area contributed by atoms with Gasteiger partial charge in [-0.15, -0.1) is 0 Å². The Balaban J connectivity index is 1.83. The lowest BCUT2D eigenvalue weighted by Crippen LogP contribution is -2.19. The Labute approximate surface area is 113 Å². The summed E-state index contributed by atoms with van der Waals surface area (Å²) in [6.45, 7) is 3.59. The molecule has 0 aliphatic carbocycles. The average molecular weight is 297 g/mol. The summed E-state index contributed by atoms with van der Waals surface area (Å²) in [7, 11) is 2.03. The molecule has 0 bridgehead atoms. The Morgan fingerprint density at radius 3 is 2.82 bits per heavy atom. The first-order valence-corrected chi connectivity index (χ1v) is 7.24. The molecule has 1 heterocycles. The minimum absolute atomic E-state index is 0.881. The van der Waals surface area contributed by atoms with E-state index in [1.165, 1.54) is 38.0 Å². The van der Waals surface area contributed by atoms with E-state index in [1.807, 2.05) is 7.05 Å². The Kier molecular flexibility index (Phi) is 4.86. The average Bonchev–Trinajstić information content (AvgIpc) is 2.79. The highest BCUT2D eigenvalue weighted by atomic mass is 79.9. The second-order valence-corrected chi connectivity index (χ2v) is 5.74. The van der Waals surface area contributed by atoms with E-state index in [4.69, 9.17) is 0 Å². The summed E-state index contributed by atoms with van der Waals surface area (Å²) < 4.78 is 1.16. The molecule has 3 heteroatoms. The molecule has 17 heavy (non-hydrogen) atoms. The van der Waals surface area contributed by atoms with Gasteiger partial charge in [-0.1, -0.05) is 15.9 Å². The molecule has 2 rings (SSSR count). The lowest BCUT2D eigenvalue weighted by molar-refractivity contribution is 0.506. The molecule has 0 saturated carbocycles. The van der Waals surface area contributed by atoms with Gasteiger partial charge >= 0.3 is 0 Å². The van der Waals surface area contributed by atoms with Gasteiger partial charge in [0.25, 0.3) is 0 Å². The van der Waals surface area contributed by atoms with Gasteiger partial charge in [-0.2, -0.15) is 0 Å². The first kappa shape index (κ1) is 12.9. The number of anilines is 1. The van der Waals surface area contributed by atoms with Crippen molar-refractivity contribution < 1.29 is 0 Å². The first-order chi connectivity index (χ1) is 8.29. The van der Waals surface area contributed by atoms with Crippen molar-refractivity contribution >= 4 is 21.6 Å². The van der Waals surface area contributed by atoms with Crippen LogP contribution in [0.4, 0.5) is 5.69 Å². The third-order valence-electron chi connectivity index (χ3n) is 3.52. The molecule has 1 aliphatic heterocycles. The summed E-state index contributed by atoms with van der Waals surface area (Å²) in [4.78, 5) is 2.51. The molecule has 94 valence electrons. The largest absolute Gasteiger partial charge is 0.371 e. The summed E-state index contributed by atoms with van der Waals surface area (Å²) in [5, 5.41) is 3.22. The third-order valence-corrected chi connectivity index (χ3v) is 4.05. The van der Waals surface area contributed by atoms with Crippen LogP contribution >= 0.6 is 15.9 Å². The molecule has 0 radical (unpaired) electrons. The van der Waals surface area contributed by atoms with Crippen LogP contribution < -0.4 is 10.2 Å². The van der Waals surface area contributed by atoms with Crippen LogP contribution in [-0.4, -0.2) is 26.7 Å². The predicted molar refractivity (Wildman–Crippen MR) is 77.6 cm³/mol. The summed E-state index contributed by atoms with van der Waals surface area (Å²) in [5.41, 5.74) is 1.37. The highest BCUT2D eigenvalue weighted by Gasteiger charge is 2.21. The number of nitrogens with zero attached hydrogens (tertiary/aromatic N) is 1. The summed E-state index contributed by atoms with van der Waals surface area (Å²) >= 11 is 3.48. The number of hydrogen-bond donors (Lipinski definition) is 1. The molecule has 0 aromatic heterocycles. The van der Waals surface area contributed by atoms with Crippen molar-refractivity contribution in [2.45, 2.75) is 19.3 Å². The molecule has 1 unspecified atom stereocenters. The van der Waals surface area contributed by atoms with Gasteiger partial charge in [0.05, 0.1) is 0 Å². The van der Waals surface area contributed by atoms with E-state index in [2.05, 4.69) is 50.4 Å². The van der Waals surface area contributed by atoms with Crippen molar-refractivity contribution in [1.82, 2.24) is 5.32 Å². The van der Waals surface area contributed by atoms with Gasteiger partial charge in [-0.3, -0.25) is 0 Å². The minimum atomic E-state index is 0.881. The third kappa shape index (κ3) is 3.71. The number of nitrogens with one attached hydrogen (secondary N) is 1. The molecule has 1 aromatic carbocycles. The molecule has 0 amide bonds. The summed E-state index contributed by atoms with van der Waals surface area (Å²) in [6, 6.07) is 8.67. The molecule has 1 saturated heterocycles. The van der Waals surface area contributed by atoms with Crippen molar-refractivity contribution in [3.63, 3.8) is 0 Å². The van der Waals surface area contributed by atoms with Crippen LogP contribution in [-0.2, 0) is 0 Å². The monoisotopic (exact) mass is 296 g/mol. The standard InChI is InChI=1S/C14H21BrN2/c1-16-9-2-3-12-8-10-17(11-12)14-6-4-13(15)5-7-14/h4-7,12,16H,2-3,8-11H2,1H3. The first-order valence-electron chi connectivity index (χ1n) is 6.44. The molecule has 1 aliphatic rings. The normalized spacial score (nSPS) is 19.9. The van der Waals surface area contributed by atoms with Crippen LogP contribution in [0.1, 0.15) is 19.3 Å². The maximum absolute atomic E-state index is 3.48. The zero-order chi connectivity index (χ0) is 12.1. The molecule has 1 N–H and O–H groups in total. The molecule has 0 spiro atoms. The number of benzene rings is 1. The van der Waals surface area contributed by atoms with Crippen LogP contribution in [0.3, 0.4) is 0 Å². The fraction of sp³-hybridized carbons (Fsp3) is 0.571. The number of halogens is 1. The lowest BCUT2D eigenvalue weighted by atomic mass is 10.0. The molecular weight excluding hydrogens is 276 g/mol. The molecule has 1 aromatic rings. The fourth-order valence-electron chi connectivity index (χ4n) is 2.52. The van der Waals surface area contributed by atoms with E-state index in [0.717, 1.165) is 16.9 Å².